The van der Waals surface area contributed by atoms with Crippen molar-refractivity contribution in [1.82, 2.24) is 14.1 Å². The van der Waals surface area contributed by atoms with Crippen molar-refractivity contribution in [3.05, 3.63) is 70.9 Å². The molecule has 212 valence electrons. The van der Waals surface area contributed by atoms with Crippen molar-refractivity contribution in [2.24, 2.45) is 5.92 Å². The minimum atomic E-state index is -3.53. The Bertz CT molecular complexity index is 1460. The fraction of sp³-hybridized carbons (Fsp3) is 0.464. The zero-order chi connectivity index (χ0) is 28.4. The first-order chi connectivity index (χ1) is 18.3. The molecule has 9 nitrogen and oxygen atoms in total. The Hall–Kier alpha value is -2.73. The SMILES string of the molecule is CN(C)C=CC(=O)c1ccc2c(c1)CN(Cc1ccc(OCC3CCN(S(C)(=O)=O)CC3)c(S(C)(=O)=O)c1)C2. The summed E-state index contributed by atoms with van der Waals surface area (Å²) in [7, 11) is -2.99. The molecule has 0 saturated carbocycles. The fourth-order valence-electron chi connectivity index (χ4n) is 4.98. The lowest BCUT2D eigenvalue weighted by atomic mass is 9.99. The normalized spacial score (nSPS) is 17.4. The molecule has 0 unspecified atom stereocenters. The number of allylic oxidation sites excluding steroid dienone is 1. The van der Waals surface area contributed by atoms with Gasteiger partial charge in [-0.2, -0.15) is 0 Å². The standard InChI is InChI=1S/C28H37N3O6S2/c1-29(2)12-11-26(32)23-6-7-24-18-30(19-25(24)16-23)17-22-5-8-27(28(15-22)38(3,33)34)37-20-21-9-13-31(14-10-21)39(4,35)36/h5-8,11-12,15-16,21H,9-10,13-14,17-20H2,1-4H3. The van der Waals surface area contributed by atoms with E-state index in [9.17, 15) is 21.6 Å². The van der Waals surface area contributed by atoms with Crippen LogP contribution < -0.4 is 4.74 Å². The van der Waals surface area contributed by atoms with Crippen molar-refractivity contribution in [2.75, 3.05) is 46.3 Å². The molecule has 0 atom stereocenters. The summed E-state index contributed by atoms with van der Waals surface area (Å²) in [6.07, 6.45) is 7.04. The molecule has 0 aromatic heterocycles. The molecule has 0 radical (unpaired) electrons. The predicted molar refractivity (Wildman–Crippen MR) is 151 cm³/mol. The number of rotatable bonds is 10. The van der Waals surface area contributed by atoms with Crippen molar-refractivity contribution in [1.29, 1.82) is 0 Å². The molecule has 2 aliphatic heterocycles. The van der Waals surface area contributed by atoms with Crippen LogP contribution in [0, 0.1) is 5.92 Å². The number of ether oxygens (including phenoxy) is 1. The Balaban J connectivity index is 1.40. The number of sulfonamides is 1. The van der Waals surface area contributed by atoms with E-state index in [-0.39, 0.29) is 16.6 Å². The Morgan fingerprint density at radius 3 is 2.33 bits per heavy atom. The highest BCUT2D eigenvalue weighted by molar-refractivity contribution is 7.90. The quantitative estimate of drug-likeness (QED) is 0.315. The third-order valence-electron chi connectivity index (χ3n) is 7.13. The van der Waals surface area contributed by atoms with Gasteiger partial charge < -0.3 is 9.64 Å². The second-order valence-corrected chi connectivity index (χ2v) is 14.7. The van der Waals surface area contributed by atoms with E-state index < -0.39 is 19.9 Å². The molecule has 39 heavy (non-hydrogen) atoms. The van der Waals surface area contributed by atoms with E-state index in [1.807, 2.05) is 43.3 Å². The molecule has 11 heteroatoms. The van der Waals surface area contributed by atoms with Crippen LogP contribution in [0.4, 0.5) is 0 Å². The van der Waals surface area contributed by atoms with Gasteiger partial charge in [-0.15, -0.1) is 0 Å². The molecule has 1 fully saturated rings. The number of piperidine rings is 1. The van der Waals surface area contributed by atoms with Crippen LogP contribution in [0.15, 0.2) is 53.6 Å². The average Bonchev–Trinajstić information content (AvgIpc) is 3.27. The van der Waals surface area contributed by atoms with E-state index in [1.54, 1.807) is 24.4 Å². The van der Waals surface area contributed by atoms with Gasteiger partial charge in [-0.05, 0) is 53.6 Å². The third-order valence-corrected chi connectivity index (χ3v) is 9.55. The van der Waals surface area contributed by atoms with Gasteiger partial charge in [-0.25, -0.2) is 21.1 Å². The summed E-state index contributed by atoms with van der Waals surface area (Å²) in [5.41, 5.74) is 3.77. The Kier molecular flexibility index (Phi) is 8.85. The maximum Gasteiger partial charge on any atom is 0.211 e. The largest absolute Gasteiger partial charge is 0.492 e. The van der Waals surface area contributed by atoms with Crippen molar-refractivity contribution >= 4 is 25.6 Å². The summed E-state index contributed by atoms with van der Waals surface area (Å²) in [6.45, 7) is 3.19. The van der Waals surface area contributed by atoms with Gasteiger partial charge >= 0.3 is 0 Å². The van der Waals surface area contributed by atoms with Gasteiger partial charge in [-0.1, -0.05) is 18.2 Å². The number of fused-ring (bicyclic) bond motifs is 1. The molecule has 0 spiro atoms. The predicted octanol–water partition coefficient (Wildman–Crippen LogP) is 2.91. The van der Waals surface area contributed by atoms with Gasteiger partial charge in [0.2, 0.25) is 10.0 Å². The van der Waals surface area contributed by atoms with Crippen LogP contribution in [0.1, 0.15) is 39.9 Å². The van der Waals surface area contributed by atoms with Crippen LogP contribution in [0.2, 0.25) is 0 Å². The first-order valence-corrected chi connectivity index (χ1v) is 16.7. The van der Waals surface area contributed by atoms with Crippen LogP contribution in [-0.4, -0.2) is 83.0 Å². The van der Waals surface area contributed by atoms with Crippen LogP contribution in [-0.2, 0) is 39.5 Å². The summed E-state index contributed by atoms with van der Waals surface area (Å²) >= 11 is 0. The van der Waals surface area contributed by atoms with Crippen molar-refractivity contribution in [3.63, 3.8) is 0 Å². The molecule has 2 aromatic carbocycles. The molecule has 2 aromatic rings. The summed E-state index contributed by atoms with van der Waals surface area (Å²) in [4.78, 5) is 16.7. The van der Waals surface area contributed by atoms with Gasteiger partial charge in [0.05, 0.1) is 12.9 Å². The highest BCUT2D eigenvalue weighted by atomic mass is 32.2. The van der Waals surface area contributed by atoms with Gasteiger partial charge in [0.1, 0.15) is 10.6 Å². The lowest BCUT2D eigenvalue weighted by Gasteiger charge is -2.30. The molecule has 1 saturated heterocycles. The van der Waals surface area contributed by atoms with Crippen molar-refractivity contribution in [2.45, 2.75) is 37.4 Å². The lowest BCUT2D eigenvalue weighted by Crippen LogP contribution is -2.39. The van der Waals surface area contributed by atoms with E-state index in [0.29, 0.717) is 56.9 Å². The molecular formula is C28H37N3O6S2. The maximum atomic E-state index is 12.6. The van der Waals surface area contributed by atoms with Crippen molar-refractivity contribution in [3.8, 4) is 5.75 Å². The Morgan fingerprint density at radius 2 is 1.69 bits per heavy atom. The summed E-state index contributed by atoms with van der Waals surface area (Å²) < 4.78 is 56.2. The van der Waals surface area contributed by atoms with Crippen LogP contribution in [0.25, 0.3) is 0 Å². The minimum Gasteiger partial charge on any atom is -0.492 e. The Labute approximate surface area is 232 Å². The van der Waals surface area contributed by atoms with E-state index in [0.717, 1.165) is 23.2 Å². The molecule has 4 rings (SSSR count). The number of sulfone groups is 1. The smallest absolute Gasteiger partial charge is 0.211 e. The molecule has 0 aliphatic carbocycles. The number of carbonyl (C=O) groups is 1. The summed E-state index contributed by atoms with van der Waals surface area (Å²) in [5, 5.41) is 0. The van der Waals surface area contributed by atoms with Gasteiger partial charge in [0.25, 0.3) is 0 Å². The zero-order valence-corrected chi connectivity index (χ0v) is 24.6. The summed E-state index contributed by atoms with van der Waals surface area (Å²) in [5.74, 6) is 0.443. The third kappa shape index (κ3) is 7.69. The lowest BCUT2D eigenvalue weighted by molar-refractivity contribution is 0.104. The average molecular weight is 576 g/mol. The van der Waals surface area contributed by atoms with Crippen molar-refractivity contribution < 1.29 is 26.4 Å². The second-order valence-electron chi connectivity index (χ2n) is 10.7. The van der Waals surface area contributed by atoms with Crippen LogP contribution in [0.5, 0.6) is 5.75 Å². The molecule has 2 aliphatic rings. The zero-order valence-electron chi connectivity index (χ0n) is 23.0. The minimum absolute atomic E-state index is 0.0423. The Morgan fingerprint density at radius 1 is 1.00 bits per heavy atom. The number of nitrogens with zero attached hydrogens (tertiary/aromatic N) is 3. The van der Waals surface area contributed by atoms with E-state index in [2.05, 4.69) is 4.90 Å². The topological polar surface area (TPSA) is 104 Å². The maximum absolute atomic E-state index is 12.6. The first-order valence-electron chi connectivity index (χ1n) is 12.9. The first kappa shape index (κ1) is 29.3. The molecule has 0 amide bonds. The molecule has 0 N–H and O–H groups in total. The number of benzene rings is 2. The number of hydrogen-bond donors (Lipinski definition) is 0. The monoisotopic (exact) mass is 575 g/mol. The van der Waals surface area contributed by atoms with E-state index >= 15 is 0 Å². The highest BCUT2D eigenvalue weighted by Crippen LogP contribution is 2.30. The van der Waals surface area contributed by atoms with E-state index in [4.69, 9.17) is 4.74 Å². The van der Waals surface area contributed by atoms with E-state index in [1.165, 1.54) is 16.8 Å². The molecule has 0 bridgehead atoms. The van der Waals surface area contributed by atoms with Crippen LogP contribution in [0.3, 0.4) is 0 Å². The summed E-state index contributed by atoms with van der Waals surface area (Å²) in [6, 6.07) is 11.1. The second kappa shape index (κ2) is 11.8. The van der Waals surface area contributed by atoms with Gasteiger partial charge in [-0.3, -0.25) is 9.69 Å². The van der Waals surface area contributed by atoms with Crippen LogP contribution >= 0.6 is 0 Å². The van der Waals surface area contributed by atoms with Gasteiger partial charge in [0, 0.05) is 70.9 Å². The number of ketones is 1. The number of hydrogen-bond acceptors (Lipinski definition) is 8. The fourth-order valence-corrected chi connectivity index (χ4v) is 6.71. The highest BCUT2D eigenvalue weighted by Gasteiger charge is 2.26. The number of carbonyl (C=O) groups excluding carboxylic acids is 1. The van der Waals surface area contributed by atoms with Gasteiger partial charge in [0.15, 0.2) is 15.6 Å². The molecule has 2 heterocycles. The molecular weight excluding hydrogens is 538 g/mol.